The molecular weight excluding hydrogens is 254 g/mol. The highest BCUT2D eigenvalue weighted by atomic mass is 15.0. The van der Waals surface area contributed by atoms with Gasteiger partial charge < -0.3 is 0 Å². The van der Waals surface area contributed by atoms with Crippen LogP contribution in [0.25, 0.3) is 38.2 Å². The van der Waals surface area contributed by atoms with Crippen molar-refractivity contribution < 1.29 is 0 Å². The van der Waals surface area contributed by atoms with Gasteiger partial charge in [0.15, 0.2) is 0 Å². The number of rotatable bonds is 0. The molecule has 0 amide bonds. The summed E-state index contributed by atoms with van der Waals surface area (Å²) in [6, 6.07) is 15.4. The maximum absolute atomic E-state index is 4.64. The Balaban J connectivity index is 2.26. The third kappa shape index (κ3) is 1.28. The molecule has 2 aromatic carbocycles. The minimum Gasteiger partial charge on any atom is -0.293 e. The first-order chi connectivity index (χ1) is 10.2. The lowest BCUT2D eigenvalue weighted by molar-refractivity contribution is 1.27. The SMILES string of the molecule is Bc1ccc2c(c1)c1cc(B)cc3c4cccnc4n2c13. The van der Waals surface area contributed by atoms with Crippen LogP contribution in [-0.2, 0) is 0 Å². The number of hydrogen-bond acceptors (Lipinski definition) is 1. The van der Waals surface area contributed by atoms with Gasteiger partial charge in [0, 0.05) is 27.7 Å². The molecule has 21 heavy (non-hydrogen) atoms. The minimum atomic E-state index is 1.06. The molecule has 0 aliphatic rings. The standard InChI is InChI=1S/C17H12B2N2/c18-9-3-4-15-12(6-9)14-8-10(19)7-13-11-2-1-5-20-17(11)21(15)16(13)14/h1-8H,18-19H2. The van der Waals surface area contributed by atoms with E-state index in [0.29, 0.717) is 0 Å². The predicted octanol–water partition coefficient (Wildman–Crippen LogP) is 0.748. The van der Waals surface area contributed by atoms with Crippen molar-refractivity contribution >= 4 is 64.8 Å². The predicted molar refractivity (Wildman–Crippen MR) is 95.3 cm³/mol. The van der Waals surface area contributed by atoms with Crippen LogP contribution in [-0.4, -0.2) is 25.1 Å². The summed E-state index contributed by atoms with van der Waals surface area (Å²) in [6.07, 6.45) is 1.88. The van der Waals surface area contributed by atoms with Crippen LogP contribution in [0.2, 0.25) is 0 Å². The fourth-order valence-corrected chi connectivity index (χ4v) is 3.62. The van der Waals surface area contributed by atoms with Crippen molar-refractivity contribution in [3.8, 4) is 0 Å². The number of pyridine rings is 1. The van der Waals surface area contributed by atoms with E-state index in [0.717, 1.165) is 5.65 Å². The zero-order valence-corrected chi connectivity index (χ0v) is 12.0. The van der Waals surface area contributed by atoms with Crippen molar-refractivity contribution in [2.45, 2.75) is 0 Å². The lowest BCUT2D eigenvalue weighted by Gasteiger charge is -1.99. The molecule has 0 aliphatic carbocycles. The normalized spacial score (nSPS) is 12.2. The van der Waals surface area contributed by atoms with E-state index in [4.69, 9.17) is 0 Å². The Morgan fingerprint density at radius 3 is 2.43 bits per heavy atom. The van der Waals surface area contributed by atoms with Crippen molar-refractivity contribution in [3.05, 3.63) is 48.7 Å². The second-order valence-corrected chi connectivity index (χ2v) is 5.94. The molecule has 4 heteroatoms. The van der Waals surface area contributed by atoms with E-state index in [-0.39, 0.29) is 0 Å². The largest absolute Gasteiger partial charge is 0.293 e. The van der Waals surface area contributed by atoms with Crippen LogP contribution in [0.4, 0.5) is 0 Å². The molecule has 96 valence electrons. The van der Waals surface area contributed by atoms with Gasteiger partial charge in [0.1, 0.15) is 21.3 Å². The Hall–Kier alpha value is -2.48. The monoisotopic (exact) mass is 266 g/mol. The summed E-state index contributed by atoms with van der Waals surface area (Å²) in [6.45, 7) is 0. The Morgan fingerprint density at radius 1 is 0.810 bits per heavy atom. The first kappa shape index (κ1) is 11.2. The molecule has 5 rings (SSSR count). The molecule has 3 heterocycles. The molecule has 0 aliphatic heterocycles. The molecule has 0 radical (unpaired) electrons. The second-order valence-electron chi connectivity index (χ2n) is 5.94. The van der Waals surface area contributed by atoms with Crippen LogP contribution in [0.15, 0.2) is 48.7 Å². The van der Waals surface area contributed by atoms with Gasteiger partial charge in [-0.25, -0.2) is 4.98 Å². The van der Waals surface area contributed by atoms with Gasteiger partial charge in [0.25, 0.3) is 0 Å². The van der Waals surface area contributed by atoms with Crippen molar-refractivity contribution in [3.63, 3.8) is 0 Å². The lowest BCUT2D eigenvalue weighted by atomic mass is 9.91. The third-order valence-electron chi connectivity index (χ3n) is 4.45. The average Bonchev–Trinajstić information content (AvgIpc) is 2.97. The number of hydrogen-bond donors (Lipinski definition) is 0. The quantitative estimate of drug-likeness (QED) is 0.378. The Kier molecular flexibility index (Phi) is 1.91. The summed E-state index contributed by atoms with van der Waals surface area (Å²) in [4.78, 5) is 4.64. The van der Waals surface area contributed by atoms with Crippen LogP contribution in [0.1, 0.15) is 0 Å². The molecule has 0 bridgehead atoms. The van der Waals surface area contributed by atoms with Crippen LogP contribution in [0.5, 0.6) is 0 Å². The van der Waals surface area contributed by atoms with Crippen LogP contribution >= 0.6 is 0 Å². The van der Waals surface area contributed by atoms with Gasteiger partial charge in [-0.1, -0.05) is 35.2 Å². The van der Waals surface area contributed by atoms with Gasteiger partial charge in [-0.3, -0.25) is 4.40 Å². The summed E-state index contributed by atoms with van der Waals surface area (Å²) < 4.78 is 2.31. The fourth-order valence-electron chi connectivity index (χ4n) is 3.62. The van der Waals surface area contributed by atoms with E-state index in [9.17, 15) is 0 Å². The van der Waals surface area contributed by atoms with Crippen LogP contribution in [0.3, 0.4) is 0 Å². The Labute approximate surface area is 123 Å². The van der Waals surface area contributed by atoms with E-state index in [1.165, 1.54) is 43.5 Å². The molecular formula is C17H12B2N2. The molecule has 0 saturated carbocycles. The molecule has 0 N–H and O–H groups in total. The first-order valence-corrected chi connectivity index (χ1v) is 7.25. The lowest BCUT2D eigenvalue weighted by Crippen LogP contribution is -2.01. The molecule has 5 aromatic rings. The Bertz CT molecular complexity index is 1160. The molecule has 0 atom stereocenters. The number of fused-ring (bicyclic) bond motifs is 6. The van der Waals surface area contributed by atoms with Crippen LogP contribution < -0.4 is 10.9 Å². The topological polar surface area (TPSA) is 17.3 Å². The van der Waals surface area contributed by atoms with E-state index >= 15 is 0 Å². The third-order valence-corrected chi connectivity index (χ3v) is 4.45. The van der Waals surface area contributed by atoms with Gasteiger partial charge in [-0.05, 0) is 18.2 Å². The maximum atomic E-state index is 4.64. The number of aromatic nitrogens is 2. The molecule has 3 aromatic heterocycles. The summed E-state index contributed by atoms with van der Waals surface area (Å²) in [5, 5.41) is 5.21. The van der Waals surface area contributed by atoms with E-state index in [1.54, 1.807) is 0 Å². The number of nitrogens with zero attached hydrogens (tertiary/aromatic N) is 2. The van der Waals surface area contributed by atoms with Gasteiger partial charge in [-0.15, -0.1) is 0 Å². The van der Waals surface area contributed by atoms with Gasteiger partial charge in [0.2, 0.25) is 0 Å². The molecule has 0 spiro atoms. The summed E-state index contributed by atoms with van der Waals surface area (Å²) in [5.41, 5.74) is 6.21. The fraction of sp³-hybridized carbons (Fsp3) is 0. The second kappa shape index (κ2) is 3.58. The van der Waals surface area contributed by atoms with Gasteiger partial charge >= 0.3 is 0 Å². The highest BCUT2D eigenvalue weighted by molar-refractivity contribution is 6.38. The molecule has 0 unspecified atom stereocenters. The number of benzene rings is 2. The molecule has 0 saturated heterocycles. The highest BCUT2D eigenvalue weighted by Gasteiger charge is 2.17. The smallest absolute Gasteiger partial charge is 0.145 e. The zero-order chi connectivity index (χ0) is 14.1. The van der Waals surface area contributed by atoms with E-state index < -0.39 is 0 Å². The zero-order valence-electron chi connectivity index (χ0n) is 12.0. The van der Waals surface area contributed by atoms with E-state index in [1.807, 2.05) is 12.3 Å². The van der Waals surface area contributed by atoms with Crippen molar-refractivity contribution in [1.82, 2.24) is 9.38 Å². The average molecular weight is 266 g/mol. The van der Waals surface area contributed by atoms with Crippen molar-refractivity contribution in [2.24, 2.45) is 0 Å². The van der Waals surface area contributed by atoms with Crippen LogP contribution in [0, 0.1) is 0 Å². The first-order valence-electron chi connectivity index (χ1n) is 7.25. The van der Waals surface area contributed by atoms with Crippen molar-refractivity contribution in [1.29, 1.82) is 0 Å². The van der Waals surface area contributed by atoms with Crippen molar-refractivity contribution in [2.75, 3.05) is 0 Å². The van der Waals surface area contributed by atoms with Gasteiger partial charge in [-0.2, -0.15) is 0 Å². The minimum absolute atomic E-state index is 1.06. The molecule has 0 fully saturated rings. The van der Waals surface area contributed by atoms with E-state index in [2.05, 4.69) is 61.5 Å². The maximum Gasteiger partial charge on any atom is 0.145 e. The Morgan fingerprint density at radius 2 is 1.57 bits per heavy atom. The molecule has 2 nitrogen and oxygen atoms in total. The summed E-state index contributed by atoms with van der Waals surface area (Å²) in [5.74, 6) is 0. The summed E-state index contributed by atoms with van der Waals surface area (Å²) >= 11 is 0. The van der Waals surface area contributed by atoms with Gasteiger partial charge in [0.05, 0.1) is 11.0 Å². The highest BCUT2D eigenvalue weighted by Crippen LogP contribution is 2.36. The summed E-state index contributed by atoms with van der Waals surface area (Å²) in [7, 11) is 4.32.